The molecule has 1 N–H and O–H groups in total. The minimum atomic E-state index is -4.77. The van der Waals surface area contributed by atoms with Gasteiger partial charge in [-0.25, -0.2) is 4.39 Å². The van der Waals surface area contributed by atoms with Gasteiger partial charge in [-0.2, -0.15) is 13.2 Å². The Kier molecular flexibility index (Phi) is 2.94. The van der Waals surface area contributed by atoms with Crippen LogP contribution < -0.4 is 5.43 Å². The molecule has 0 fully saturated rings. The van der Waals surface area contributed by atoms with Crippen molar-refractivity contribution in [2.24, 2.45) is 0 Å². The second-order valence-corrected chi connectivity index (χ2v) is 3.60. The summed E-state index contributed by atoms with van der Waals surface area (Å²) in [5, 5.41) is 0. The average molecular weight is 257 g/mol. The first-order chi connectivity index (χ1) is 8.39. The van der Waals surface area contributed by atoms with Crippen molar-refractivity contribution in [1.29, 1.82) is 0 Å². The van der Waals surface area contributed by atoms with Crippen LogP contribution in [-0.4, -0.2) is 4.98 Å². The molecule has 18 heavy (non-hydrogen) atoms. The number of aromatic amines is 1. The maximum atomic E-state index is 13.7. The summed E-state index contributed by atoms with van der Waals surface area (Å²) in [4.78, 5) is 13.6. The average Bonchev–Trinajstić information content (AvgIpc) is 2.27. The van der Waals surface area contributed by atoms with Gasteiger partial charge in [0.15, 0.2) is 5.43 Å². The number of alkyl halides is 3. The van der Waals surface area contributed by atoms with Crippen LogP contribution in [0.25, 0.3) is 11.3 Å². The number of hydrogen-bond donors (Lipinski definition) is 1. The Morgan fingerprint density at radius 3 is 2.44 bits per heavy atom. The molecule has 0 atom stereocenters. The van der Waals surface area contributed by atoms with Crippen molar-refractivity contribution < 1.29 is 17.6 Å². The molecule has 2 aromatic rings. The maximum Gasteiger partial charge on any atom is 0.419 e. The second-order valence-electron chi connectivity index (χ2n) is 3.60. The molecule has 1 aromatic carbocycles. The third kappa shape index (κ3) is 2.27. The highest BCUT2D eigenvalue weighted by atomic mass is 19.4. The standard InChI is InChI=1S/C12H7F4NO/c13-11-8(10-6-7(18)4-5-17-10)2-1-3-9(11)12(14,15)16/h1-6H,(H,17,18). The van der Waals surface area contributed by atoms with E-state index in [2.05, 4.69) is 4.98 Å². The van der Waals surface area contributed by atoms with Gasteiger partial charge in [-0.15, -0.1) is 0 Å². The van der Waals surface area contributed by atoms with Gasteiger partial charge in [-0.05, 0) is 12.1 Å². The molecule has 1 heterocycles. The summed E-state index contributed by atoms with van der Waals surface area (Å²) in [6.07, 6.45) is -3.52. The van der Waals surface area contributed by atoms with Gasteiger partial charge in [0, 0.05) is 23.9 Å². The molecule has 6 heteroatoms. The Morgan fingerprint density at radius 1 is 1.11 bits per heavy atom. The van der Waals surface area contributed by atoms with Crippen LogP contribution in [-0.2, 0) is 6.18 Å². The summed E-state index contributed by atoms with van der Waals surface area (Å²) in [6.45, 7) is 0. The minimum absolute atomic E-state index is 0.00565. The smallest absolute Gasteiger partial charge is 0.361 e. The highest BCUT2D eigenvalue weighted by Crippen LogP contribution is 2.34. The molecule has 94 valence electrons. The van der Waals surface area contributed by atoms with Crippen molar-refractivity contribution in [3.63, 3.8) is 0 Å². The van der Waals surface area contributed by atoms with Gasteiger partial charge in [0.05, 0.1) is 11.3 Å². The molecule has 0 amide bonds. The number of pyridine rings is 1. The van der Waals surface area contributed by atoms with Crippen molar-refractivity contribution in [3.8, 4) is 11.3 Å². The lowest BCUT2D eigenvalue weighted by atomic mass is 10.1. The monoisotopic (exact) mass is 257 g/mol. The van der Waals surface area contributed by atoms with E-state index in [1.165, 1.54) is 18.3 Å². The molecule has 0 unspecified atom stereocenters. The van der Waals surface area contributed by atoms with Gasteiger partial charge >= 0.3 is 6.18 Å². The van der Waals surface area contributed by atoms with Crippen LogP contribution in [0.15, 0.2) is 41.3 Å². The SMILES string of the molecule is O=c1cc[nH]c(-c2cccc(C(F)(F)F)c2F)c1. The van der Waals surface area contributed by atoms with Crippen LogP contribution in [0.5, 0.6) is 0 Å². The zero-order valence-corrected chi connectivity index (χ0v) is 8.88. The van der Waals surface area contributed by atoms with Crippen LogP contribution >= 0.6 is 0 Å². The zero-order valence-electron chi connectivity index (χ0n) is 8.88. The molecule has 0 aliphatic carbocycles. The number of rotatable bonds is 1. The van der Waals surface area contributed by atoms with E-state index in [1.54, 1.807) is 0 Å². The third-order valence-corrected chi connectivity index (χ3v) is 2.37. The largest absolute Gasteiger partial charge is 0.419 e. The molecule has 1 aromatic heterocycles. The predicted octanol–water partition coefficient (Wildman–Crippen LogP) is 3.20. The van der Waals surface area contributed by atoms with Gasteiger partial charge in [0.1, 0.15) is 5.82 Å². The molecule has 0 aliphatic rings. The summed E-state index contributed by atoms with van der Waals surface area (Å²) in [6, 6.07) is 5.15. The van der Waals surface area contributed by atoms with Crippen LogP contribution in [0.2, 0.25) is 0 Å². The number of benzene rings is 1. The van der Waals surface area contributed by atoms with E-state index in [9.17, 15) is 22.4 Å². The van der Waals surface area contributed by atoms with E-state index in [0.717, 1.165) is 12.1 Å². The normalized spacial score (nSPS) is 11.6. The molecule has 2 rings (SSSR count). The van der Waals surface area contributed by atoms with Gasteiger partial charge in [-0.3, -0.25) is 4.79 Å². The fraction of sp³-hybridized carbons (Fsp3) is 0.0833. The van der Waals surface area contributed by atoms with Crippen LogP contribution in [0, 0.1) is 5.82 Å². The summed E-state index contributed by atoms with van der Waals surface area (Å²) in [5.41, 5.74) is -2.06. The Bertz CT molecular complexity index is 630. The summed E-state index contributed by atoms with van der Waals surface area (Å²) >= 11 is 0. The van der Waals surface area contributed by atoms with E-state index in [4.69, 9.17) is 0 Å². The van der Waals surface area contributed by atoms with Gasteiger partial charge in [0.2, 0.25) is 0 Å². The molecule has 0 aliphatic heterocycles. The van der Waals surface area contributed by atoms with E-state index < -0.39 is 23.0 Å². The highest BCUT2D eigenvalue weighted by Gasteiger charge is 2.34. The second kappa shape index (κ2) is 4.29. The number of H-pyrrole nitrogens is 1. The summed E-state index contributed by atoms with van der Waals surface area (Å²) < 4.78 is 51.3. The van der Waals surface area contributed by atoms with Crippen molar-refractivity contribution in [2.75, 3.05) is 0 Å². The molecule has 0 saturated carbocycles. The van der Waals surface area contributed by atoms with Crippen LogP contribution in [0.4, 0.5) is 17.6 Å². The predicted molar refractivity (Wildman–Crippen MR) is 57.5 cm³/mol. The fourth-order valence-electron chi connectivity index (χ4n) is 1.56. The maximum absolute atomic E-state index is 13.7. The van der Waals surface area contributed by atoms with E-state index in [0.29, 0.717) is 6.07 Å². The lowest BCUT2D eigenvalue weighted by Gasteiger charge is -2.10. The van der Waals surface area contributed by atoms with Gasteiger partial charge < -0.3 is 4.98 Å². The third-order valence-electron chi connectivity index (χ3n) is 2.37. The lowest BCUT2D eigenvalue weighted by molar-refractivity contribution is -0.139. The lowest BCUT2D eigenvalue weighted by Crippen LogP contribution is -2.09. The van der Waals surface area contributed by atoms with E-state index >= 15 is 0 Å². The Labute approximate surface area is 98.9 Å². The summed E-state index contributed by atoms with van der Waals surface area (Å²) in [5.74, 6) is -1.40. The number of nitrogens with one attached hydrogen (secondary N) is 1. The summed E-state index contributed by atoms with van der Waals surface area (Å²) in [7, 11) is 0. The fourth-order valence-corrected chi connectivity index (χ4v) is 1.56. The first-order valence-electron chi connectivity index (χ1n) is 4.94. The van der Waals surface area contributed by atoms with Crippen molar-refractivity contribution in [2.45, 2.75) is 6.18 Å². The number of hydrogen-bond acceptors (Lipinski definition) is 1. The van der Waals surface area contributed by atoms with Crippen LogP contribution in [0.3, 0.4) is 0 Å². The first kappa shape index (κ1) is 12.3. The first-order valence-corrected chi connectivity index (χ1v) is 4.94. The quantitative estimate of drug-likeness (QED) is 0.782. The van der Waals surface area contributed by atoms with Gasteiger partial charge in [0.25, 0.3) is 0 Å². The number of aromatic nitrogens is 1. The van der Waals surface area contributed by atoms with Crippen molar-refractivity contribution in [1.82, 2.24) is 4.98 Å². The van der Waals surface area contributed by atoms with Gasteiger partial charge in [-0.1, -0.05) is 6.07 Å². The Balaban J connectivity index is 2.64. The molecule has 2 nitrogen and oxygen atoms in total. The zero-order chi connectivity index (χ0) is 13.3. The molecule has 0 saturated heterocycles. The molecular weight excluding hydrogens is 250 g/mol. The van der Waals surface area contributed by atoms with E-state index in [-0.39, 0.29) is 11.3 Å². The minimum Gasteiger partial charge on any atom is -0.361 e. The highest BCUT2D eigenvalue weighted by molar-refractivity contribution is 5.61. The molecule has 0 spiro atoms. The molecular formula is C12H7F4NO. The van der Waals surface area contributed by atoms with Crippen molar-refractivity contribution in [3.05, 3.63) is 58.1 Å². The van der Waals surface area contributed by atoms with Crippen LogP contribution in [0.1, 0.15) is 5.56 Å². The Hall–Kier alpha value is -2.11. The van der Waals surface area contributed by atoms with E-state index in [1.807, 2.05) is 0 Å². The molecule has 0 radical (unpaired) electrons. The number of halogens is 4. The Morgan fingerprint density at radius 2 is 1.83 bits per heavy atom. The topological polar surface area (TPSA) is 32.9 Å². The van der Waals surface area contributed by atoms with Crippen molar-refractivity contribution >= 4 is 0 Å². The molecule has 0 bridgehead atoms.